The number of rotatable bonds is 4. The summed E-state index contributed by atoms with van der Waals surface area (Å²) < 4.78 is 0.962. The van der Waals surface area contributed by atoms with Crippen molar-refractivity contribution in [2.75, 3.05) is 6.54 Å². The first-order chi connectivity index (χ1) is 7.16. The summed E-state index contributed by atoms with van der Waals surface area (Å²) in [6, 6.07) is 6.10. The Morgan fingerprint density at radius 3 is 2.87 bits per heavy atom. The monoisotopic (exact) mass is 287 g/mol. The molecule has 2 atom stereocenters. The predicted octanol–water partition coefficient (Wildman–Crippen LogP) is 3.85. The highest BCUT2D eigenvalue weighted by Gasteiger charge is 2.31. The number of hydrogen-bond acceptors (Lipinski definition) is 1. The average Bonchev–Trinajstić information content (AvgIpc) is 2.88. The molecule has 0 amide bonds. The molecule has 0 spiro atoms. The van der Waals surface area contributed by atoms with E-state index in [9.17, 15) is 0 Å². The second-order valence-electron chi connectivity index (χ2n) is 4.35. The summed E-state index contributed by atoms with van der Waals surface area (Å²) in [5, 5.41) is 4.25. The van der Waals surface area contributed by atoms with Gasteiger partial charge in [0.05, 0.1) is 5.02 Å². The topological polar surface area (TPSA) is 12.0 Å². The van der Waals surface area contributed by atoms with E-state index < -0.39 is 0 Å². The normalized spacial score (nSPS) is 24.2. The molecule has 1 N–H and O–H groups in total. The summed E-state index contributed by atoms with van der Waals surface area (Å²) in [5.74, 6) is 1.82. The van der Waals surface area contributed by atoms with E-state index in [1.165, 1.54) is 12.0 Å². The molecule has 0 saturated heterocycles. The third-order valence-corrected chi connectivity index (χ3v) is 4.23. The Labute approximate surface area is 104 Å². The van der Waals surface area contributed by atoms with Gasteiger partial charge in [0.15, 0.2) is 0 Å². The summed E-state index contributed by atoms with van der Waals surface area (Å²) in [7, 11) is 0. The molecule has 82 valence electrons. The van der Waals surface area contributed by atoms with Gasteiger partial charge < -0.3 is 5.32 Å². The van der Waals surface area contributed by atoms with E-state index in [1.54, 1.807) is 0 Å². The van der Waals surface area contributed by atoms with Gasteiger partial charge in [-0.1, -0.05) is 24.6 Å². The van der Waals surface area contributed by atoms with Gasteiger partial charge in [-0.2, -0.15) is 0 Å². The van der Waals surface area contributed by atoms with Gasteiger partial charge in [0.1, 0.15) is 0 Å². The molecule has 0 aromatic heterocycles. The molecule has 1 aromatic carbocycles. The second-order valence-corrected chi connectivity index (χ2v) is 5.61. The maximum absolute atomic E-state index is 6.02. The summed E-state index contributed by atoms with van der Waals surface area (Å²) in [4.78, 5) is 0. The van der Waals surface area contributed by atoms with Crippen LogP contribution in [-0.2, 0) is 6.54 Å². The molecule has 1 nitrogen and oxygen atoms in total. The van der Waals surface area contributed by atoms with Gasteiger partial charge >= 0.3 is 0 Å². The molecule has 1 aromatic rings. The fraction of sp³-hybridized carbons (Fsp3) is 0.500. The SMILES string of the molecule is CC1CC1CNCc1ccc(Br)c(Cl)c1. The van der Waals surface area contributed by atoms with Gasteiger partial charge in [-0.05, 0) is 58.4 Å². The van der Waals surface area contributed by atoms with Crippen molar-refractivity contribution < 1.29 is 0 Å². The quantitative estimate of drug-likeness (QED) is 0.887. The average molecular weight is 289 g/mol. The Kier molecular flexibility index (Phi) is 3.70. The summed E-state index contributed by atoms with van der Waals surface area (Å²) >= 11 is 9.40. The van der Waals surface area contributed by atoms with Crippen LogP contribution < -0.4 is 5.32 Å². The van der Waals surface area contributed by atoms with Crippen LogP contribution in [0.4, 0.5) is 0 Å². The lowest BCUT2D eigenvalue weighted by molar-refractivity contribution is 0.612. The first-order valence-electron chi connectivity index (χ1n) is 5.31. The highest BCUT2D eigenvalue weighted by atomic mass is 79.9. The summed E-state index contributed by atoms with van der Waals surface area (Å²) in [5.41, 5.74) is 1.25. The van der Waals surface area contributed by atoms with Crippen LogP contribution >= 0.6 is 27.5 Å². The van der Waals surface area contributed by atoms with E-state index in [0.717, 1.165) is 34.4 Å². The molecule has 0 bridgehead atoms. The molecule has 0 radical (unpaired) electrons. The summed E-state index contributed by atoms with van der Waals surface area (Å²) in [6.07, 6.45) is 1.38. The number of benzene rings is 1. The Hall–Kier alpha value is -0.0500. The first kappa shape index (κ1) is 11.4. The lowest BCUT2D eigenvalue weighted by Crippen LogP contribution is -2.16. The van der Waals surface area contributed by atoms with Crippen molar-refractivity contribution in [1.82, 2.24) is 5.32 Å². The molecule has 2 rings (SSSR count). The zero-order chi connectivity index (χ0) is 10.8. The van der Waals surface area contributed by atoms with E-state index in [-0.39, 0.29) is 0 Å². The minimum atomic E-state index is 0.786. The lowest BCUT2D eigenvalue weighted by atomic mass is 10.2. The van der Waals surface area contributed by atoms with Crippen molar-refractivity contribution in [2.24, 2.45) is 11.8 Å². The Bertz CT molecular complexity index is 353. The Balaban J connectivity index is 1.80. The molecule has 0 aliphatic heterocycles. The minimum Gasteiger partial charge on any atom is -0.312 e. The molecule has 1 fully saturated rings. The van der Waals surface area contributed by atoms with Crippen LogP contribution in [0, 0.1) is 11.8 Å². The van der Waals surface area contributed by atoms with Gasteiger partial charge in [-0.3, -0.25) is 0 Å². The first-order valence-corrected chi connectivity index (χ1v) is 6.48. The van der Waals surface area contributed by atoms with Crippen LogP contribution in [0.1, 0.15) is 18.9 Å². The largest absolute Gasteiger partial charge is 0.312 e. The van der Waals surface area contributed by atoms with Crippen molar-refractivity contribution in [1.29, 1.82) is 0 Å². The van der Waals surface area contributed by atoms with Crippen molar-refractivity contribution in [3.05, 3.63) is 33.3 Å². The molecule has 2 unspecified atom stereocenters. The number of nitrogens with one attached hydrogen (secondary N) is 1. The van der Waals surface area contributed by atoms with Crippen LogP contribution in [0.5, 0.6) is 0 Å². The highest BCUT2D eigenvalue weighted by molar-refractivity contribution is 9.10. The minimum absolute atomic E-state index is 0.786. The molecule has 15 heavy (non-hydrogen) atoms. The van der Waals surface area contributed by atoms with Crippen LogP contribution in [0.25, 0.3) is 0 Å². The van der Waals surface area contributed by atoms with Gasteiger partial charge in [-0.15, -0.1) is 0 Å². The Morgan fingerprint density at radius 2 is 2.27 bits per heavy atom. The molecular weight excluding hydrogens is 273 g/mol. The summed E-state index contributed by atoms with van der Waals surface area (Å²) in [6.45, 7) is 4.36. The molecule has 1 aliphatic rings. The zero-order valence-corrected chi connectivity index (χ0v) is 11.1. The fourth-order valence-corrected chi connectivity index (χ4v) is 2.18. The van der Waals surface area contributed by atoms with Crippen LogP contribution in [0.2, 0.25) is 5.02 Å². The number of hydrogen-bond donors (Lipinski definition) is 1. The molecule has 1 saturated carbocycles. The zero-order valence-electron chi connectivity index (χ0n) is 8.76. The van der Waals surface area contributed by atoms with Gasteiger partial charge in [-0.25, -0.2) is 0 Å². The van der Waals surface area contributed by atoms with E-state index >= 15 is 0 Å². The van der Waals surface area contributed by atoms with Crippen molar-refractivity contribution in [3.63, 3.8) is 0 Å². The van der Waals surface area contributed by atoms with Crippen LogP contribution in [0.3, 0.4) is 0 Å². The molecule has 3 heteroatoms. The lowest BCUT2D eigenvalue weighted by Gasteiger charge is -2.05. The smallest absolute Gasteiger partial charge is 0.0551 e. The van der Waals surface area contributed by atoms with Gasteiger partial charge in [0.2, 0.25) is 0 Å². The van der Waals surface area contributed by atoms with Crippen LogP contribution in [-0.4, -0.2) is 6.54 Å². The van der Waals surface area contributed by atoms with Crippen molar-refractivity contribution >= 4 is 27.5 Å². The fourth-order valence-electron chi connectivity index (χ4n) is 1.73. The molecule has 0 heterocycles. The van der Waals surface area contributed by atoms with E-state index in [2.05, 4.69) is 34.2 Å². The maximum atomic E-state index is 6.02. The standard InChI is InChI=1S/C12H15BrClN/c1-8-4-10(8)7-15-6-9-2-3-11(13)12(14)5-9/h2-3,5,8,10,15H,4,6-7H2,1H3. The molecular formula is C12H15BrClN. The molecule has 1 aliphatic carbocycles. The third-order valence-electron chi connectivity index (χ3n) is 3.00. The predicted molar refractivity (Wildman–Crippen MR) is 68.1 cm³/mol. The van der Waals surface area contributed by atoms with Crippen LogP contribution in [0.15, 0.2) is 22.7 Å². The third kappa shape index (κ3) is 3.20. The Morgan fingerprint density at radius 1 is 1.53 bits per heavy atom. The van der Waals surface area contributed by atoms with Crippen molar-refractivity contribution in [2.45, 2.75) is 19.9 Å². The second kappa shape index (κ2) is 4.86. The van der Waals surface area contributed by atoms with E-state index in [0.29, 0.717) is 0 Å². The highest BCUT2D eigenvalue weighted by Crippen LogP contribution is 2.36. The van der Waals surface area contributed by atoms with Crippen molar-refractivity contribution in [3.8, 4) is 0 Å². The van der Waals surface area contributed by atoms with Gasteiger partial charge in [0, 0.05) is 11.0 Å². The van der Waals surface area contributed by atoms with Gasteiger partial charge in [0.25, 0.3) is 0 Å². The van der Waals surface area contributed by atoms with E-state index in [1.807, 2.05) is 12.1 Å². The maximum Gasteiger partial charge on any atom is 0.0551 e. The number of halogens is 2. The van der Waals surface area contributed by atoms with E-state index in [4.69, 9.17) is 11.6 Å².